The number of hydrogen-bond acceptors (Lipinski definition) is 3. The Balaban J connectivity index is 1.92. The van der Waals surface area contributed by atoms with E-state index in [4.69, 9.17) is 5.26 Å². The molecule has 0 bridgehead atoms. The molecule has 0 saturated carbocycles. The van der Waals surface area contributed by atoms with Crippen molar-refractivity contribution in [3.63, 3.8) is 0 Å². The maximum Gasteiger partial charge on any atom is 0.101 e. The average Bonchev–Trinajstić information content (AvgIpc) is 2.84. The highest BCUT2D eigenvalue weighted by atomic mass is 15.0. The number of aryl methyl sites for hydroxylation is 1. The van der Waals surface area contributed by atoms with Gasteiger partial charge in [0.15, 0.2) is 0 Å². The fraction of sp³-hybridized carbons (Fsp3) is 0.500. The third-order valence-electron chi connectivity index (χ3n) is 3.35. The number of hydrogen-bond donors (Lipinski definition) is 2. The molecule has 0 aromatic heterocycles. The Morgan fingerprint density at radius 3 is 3.12 bits per heavy atom. The minimum Gasteiger partial charge on any atom is -0.384 e. The van der Waals surface area contributed by atoms with Crippen LogP contribution in [0.4, 0.5) is 5.69 Å². The molecule has 2 N–H and O–H groups in total. The summed E-state index contributed by atoms with van der Waals surface area (Å²) in [6.07, 6.45) is 3.69. The summed E-state index contributed by atoms with van der Waals surface area (Å²) < 4.78 is 0. The van der Waals surface area contributed by atoms with Crippen LogP contribution in [0.25, 0.3) is 0 Å². The maximum absolute atomic E-state index is 9.05. The molecular weight excluding hydrogens is 210 g/mol. The lowest BCUT2D eigenvalue weighted by Gasteiger charge is -2.14. The van der Waals surface area contributed by atoms with Crippen LogP contribution in [-0.2, 0) is 0 Å². The van der Waals surface area contributed by atoms with Crippen LogP contribution in [0.15, 0.2) is 18.2 Å². The van der Waals surface area contributed by atoms with Crippen LogP contribution in [0.1, 0.15) is 30.4 Å². The average molecular weight is 229 g/mol. The van der Waals surface area contributed by atoms with Crippen LogP contribution in [0.3, 0.4) is 0 Å². The molecule has 17 heavy (non-hydrogen) atoms. The van der Waals surface area contributed by atoms with Crippen molar-refractivity contribution in [2.45, 2.75) is 32.2 Å². The van der Waals surface area contributed by atoms with Crippen LogP contribution in [0, 0.1) is 18.3 Å². The molecule has 1 aliphatic rings. The minimum atomic E-state index is 0.650. The van der Waals surface area contributed by atoms with Gasteiger partial charge in [-0.05, 0) is 44.4 Å². The Bertz CT molecular complexity index is 414. The van der Waals surface area contributed by atoms with Crippen molar-refractivity contribution < 1.29 is 0 Å². The summed E-state index contributed by atoms with van der Waals surface area (Å²) in [7, 11) is 0. The first-order chi connectivity index (χ1) is 8.31. The first kappa shape index (κ1) is 11.9. The molecule has 3 heteroatoms. The maximum atomic E-state index is 9.05. The van der Waals surface area contributed by atoms with E-state index in [1.165, 1.54) is 12.8 Å². The molecular formula is C14H19N3. The van der Waals surface area contributed by atoms with E-state index in [9.17, 15) is 0 Å². The Hall–Kier alpha value is -1.53. The largest absolute Gasteiger partial charge is 0.384 e. The molecule has 1 aliphatic heterocycles. The summed E-state index contributed by atoms with van der Waals surface area (Å²) in [5.41, 5.74) is 2.88. The van der Waals surface area contributed by atoms with Crippen molar-refractivity contribution in [1.29, 1.82) is 5.26 Å². The second-order valence-corrected chi connectivity index (χ2v) is 4.62. The number of para-hydroxylation sites is 1. The molecule has 3 nitrogen and oxygen atoms in total. The second-order valence-electron chi connectivity index (χ2n) is 4.62. The molecule has 0 spiro atoms. The van der Waals surface area contributed by atoms with Gasteiger partial charge in [-0.15, -0.1) is 0 Å². The summed E-state index contributed by atoms with van der Waals surface area (Å²) in [6, 6.07) is 8.72. The Morgan fingerprint density at radius 1 is 1.53 bits per heavy atom. The van der Waals surface area contributed by atoms with Crippen molar-refractivity contribution in [3.8, 4) is 6.07 Å². The quantitative estimate of drug-likeness (QED) is 0.833. The van der Waals surface area contributed by atoms with E-state index >= 15 is 0 Å². The third-order valence-corrected chi connectivity index (χ3v) is 3.35. The Labute approximate surface area is 103 Å². The predicted molar refractivity (Wildman–Crippen MR) is 70.0 cm³/mol. The number of anilines is 1. The summed E-state index contributed by atoms with van der Waals surface area (Å²) in [5.74, 6) is 0. The normalized spacial score (nSPS) is 18.9. The van der Waals surface area contributed by atoms with Gasteiger partial charge in [-0.3, -0.25) is 0 Å². The molecule has 1 unspecified atom stereocenters. The second kappa shape index (κ2) is 5.70. The van der Waals surface area contributed by atoms with Gasteiger partial charge in [0.05, 0.1) is 11.3 Å². The zero-order valence-corrected chi connectivity index (χ0v) is 10.3. The molecule has 1 saturated heterocycles. The van der Waals surface area contributed by atoms with Gasteiger partial charge < -0.3 is 10.6 Å². The number of nitrogens with one attached hydrogen (secondary N) is 2. The fourth-order valence-corrected chi connectivity index (χ4v) is 2.37. The van der Waals surface area contributed by atoms with Crippen molar-refractivity contribution in [3.05, 3.63) is 29.3 Å². The molecule has 0 amide bonds. The van der Waals surface area contributed by atoms with Crippen molar-refractivity contribution in [2.75, 3.05) is 18.4 Å². The van der Waals surface area contributed by atoms with E-state index in [2.05, 4.69) is 16.7 Å². The van der Waals surface area contributed by atoms with Crippen molar-refractivity contribution in [1.82, 2.24) is 5.32 Å². The monoisotopic (exact) mass is 229 g/mol. The molecule has 1 heterocycles. The van der Waals surface area contributed by atoms with E-state index in [-0.39, 0.29) is 0 Å². The number of rotatable bonds is 4. The highest BCUT2D eigenvalue weighted by molar-refractivity contribution is 5.62. The lowest BCUT2D eigenvalue weighted by atomic mass is 10.1. The van der Waals surface area contributed by atoms with Crippen LogP contribution in [-0.4, -0.2) is 19.1 Å². The van der Waals surface area contributed by atoms with Crippen LogP contribution < -0.4 is 10.6 Å². The van der Waals surface area contributed by atoms with Crippen LogP contribution >= 0.6 is 0 Å². The van der Waals surface area contributed by atoms with Crippen LogP contribution in [0.2, 0.25) is 0 Å². The molecule has 2 rings (SSSR count). The Morgan fingerprint density at radius 2 is 2.41 bits per heavy atom. The third kappa shape index (κ3) is 2.98. The number of nitrogens with zero attached hydrogens (tertiary/aromatic N) is 1. The Kier molecular flexibility index (Phi) is 4.00. The van der Waals surface area contributed by atoms with Gasteiger partial charge in [0.2, 0.25) is 0 Å². The summed E-state index contributed by atoms with van der Waals surface area (Å²) in [5, 5.41) is 15.9. The summed E-state index contributed by atoms with van der Waals surface area (Å²) >= 11 is 0. The van der Waals surface area contributed by atoms with E-state index in [1.54, 1.807) is 0 Å². The minimum absolute atomic E-state index is 0.650. The summed E-state index contributed by atoms with van der Waals surface area (Å²) in [4.78, 5) is 0. The SMILES string of the molecule is Cc1cccc(C#N)c1NCCC1CCCN1. The van der Waals surface area contributed by atoms with E-state index in [0.29, 0.717) is 6.04 Å². The number of benzene rings is 1. The van der Waals surface area contributed by atoms with Gasteiger partial charge >= 0.3 is 0 Å². The van der Waals surface area contributed by atoms with E-state index in [0.717, 1.165) is 36.3 Å². The van der Waals surface area contributed by atoms with Crippen molar-refractivity contribution in [2.24, 2.45) is 0 Å². The van der Waals surface area contributed by atoms with Crippen molar-refractivity contribution >= 4 is 5.69 Å². The fourth-order valence-electron chi connectivity index (χ4n) is 2.37. The first-order valence-corrected chi connectivity index (χ1v) is 6.28. The molecule has 0 aliphatic carbocycles. The molecule has 1 aromatic carbocycles. The zero-order valence-electron chi connectivity index (χ0n) is 10.3. The van der Waals surface area contributed by atoms with Gasteiger partial charge in [-0.2, -0.15) is 5.26 Å². The van der Waals surface area contributed by atoms with Gasteiger partial charge in [-0.25, -0.2) is 0 Å². The smallest absolute Gasteiger partial charge is 0.101 e. The molecule has 1 aromatic rings. The molecule has 1 atom stereocenters. The molecule has 1 fully saturated rings. The van der Waals surface area contributed by atoms with Gasteiger partial charge in [0, 0.05) is 12.6 Å². The van der Waals surface area contributed by atoms with Crippen LogP contribution in [0.5, 0.6) is 0 Å². The highest BCUT2D eigenvalue weighted by Crippen LogP contribution is 2.20. The van der Waals surface area contributed by atoms with E-state index < -0.39 is 0 Å². The highest BCUT2D eigenvalue weighted by Gasteiger charge is 2.13. The number of nitriles is 1. The zero-order chi connectivity index (χ0) is 12.1. The molecule has 0 radical (unpaired) electrons. The van der Waals surface area contributed by atoms with Gasteiger partial charge in [0.25, 0.3) is 0 Å². The van der Waals surface area contributed by atoms with Gasteiger partial charge in [0.1, 0.15) is 6.07 Å². The van der Waals surface area contributed by atoms with Gasteiger partial charge in [-0.1, -0.05) is 12.1 Å². The lowest BCUT2D eigenvalue weighted by molar-refractivity contribution is 0.574. The topological polar surface area (TPSA) is 47.9 Å². The molecule has 90 valence electrons. The predicted octanol–water partition coefficient (Wildman–Crippen LogP) is 2.42. The first-order valence-electron chi connectivity index (χ1n) is 6.28. The lowest BCUT2D eigenvalue weighted by Crippen LogP contribution is -2.24. The summed E-state index contributed by atoms with van der Waals surface area (Å²) in [6.45, 7) is 4.12. The standard InChI is InChI=1S/C14H19N3/c1-11-4-2-5-12(10-15)14(11)17-9-7-13-6-3-8-16-13/h2,4-5,13,16-17H,3,6-9H2,1H3. The van der Waals surface area contributed by atoms with E-state index in [1.807, 2.05) is 25.1 Å².